The monoisotopic (exact) mass is 450 g/mol. The zero-order valence-corrected chi connectivity index (χ0v) is 18.6. The first-order chi connectivity index (χ1) is 15.9. The van der Waals surface area contributed by atoms with Gasteiger partial charge in [0.2, 0.25) is 0 Å². The van der Waals surface area contributed by atoms with E-state index in [1.54, 1.807) is 54.6 Å². The maximum atomic E-state index is 12.4. The van der Waals surface area contributed by atoms with Crippen LogP contribution in [0, 0.1) is 5.92 Å². The number of esters is 2. The van der Waals surface area contributed by atoms with Crippen LogP contribution in [0.15, 0.2) is 61.2 Å². The summed E-state index contributed by atoms with van der Waals surface area (Å²) in [5, 5.41) is 0. The Hall–Kier alpha value is -3.58. The van der Waals surface area contributed by atoms with E-state index in [0.29, 0.717) is 29.3 Å². The molecule has 33 heavy (non-hydrogen) atoms. The third-order valence-corrected chi connectivity index (χ3v) is 5.51. The normalized spacial score (nSPS) is 18.1. The maximum Gasteiger partial charge on any atom is 0.331 e. The van der Waals surface area contributed by atoms with Crippen molar-refractivity contribution >= 4 is 29.4 Å². The van der Waals surface area contributed by atoms with Crippen LogP contribution in [0.5, 0.6) is 5.75 Å². The Morgan fingerprint density at radius 1 is 1.03 bits per heavy atom. The Labute approximate surface area is 194 Å². The molecule has 0 heterocycles. The highest BCUT2D eigenvalue weighted by atomic mass is 16.5. The lowest BCUT2D eigenvalue weighted by Crippen LogP contribution is -2.28. The molecule has 1 fully saturated rings. The molecule has 0 radical (unpaired) electrons. The number of nitrogen functional groups attached to an aromatic ring is 2. The zero-order chi connectivity index (χ0) is 23.6. The first kappa shape index (κ1) is 24.1. The van der Waals surface area contributed by atoms with Crippen molar-refractivity contribution in [3.63, 3.8) is 0 Å². The van der Waals surface area contributed by atoms with E-state index >= 15 is 0 Å². The van der Waals surface area contributed by atoms with E-state index < -0.39 is 5.97 Å². The van der Waals surface area contributed by atoms with E-state index in [2.05, 4.69) is 6.58 Å². The molecule has 0 amide bonds. The summed E-state index contributed by atoms with van der Waals surface area (Å²) in [6, 6.07) is 12.0. The molecule has 2 aromatic carbocycles. The van der Waals surface area contributed by atoms with Gasteiger partial charge in [0.15, 0.2) is 0 Å². The predicted molar refractivity (Wildman–Crippen MR) is 128 cm³/mol. The number of ether oxygens (including phenoxy) is 3. The average molecular weight is 451 g/mol. The molecular weight excluding hydrogens is 420 g/mol. The Morgan fingerprint density at radius 2 is 1.76 bits per heavy atom. The minimum atomic E-state index is -0.491. The fourth-order valence-corrected chi connectivity index (χ4v) is 3.62. The molecular formula is C26H30N2O5. The summed E-state index contributed by atoms with van der Waals surface area (Å²) in [6.45, 7) is 4.25. The summed E-state index contributed by atoms with van der Waals surface area (Å²) >= 11 is 0. The number of benzene rings is 2. The number of carbonyl (C=O) groups excluding carboxylic acids is 2. The van der Waals surface area contributed by atoms with Gasteiger partial charge in [0.25, 0.3) is 0 Å². The third-order valence-electron chi connectivity index (χ3n) is 5.51. The highest BCUT2D eigenvalue weighted by molar-refractivity contribution is 5.87. The molecule has 0 spiro atoms. The predicted octanol–water partition coefficient (Wildman–Crippen LogP) is 4.27. The highest BCUT2D eigenvalue weighted by Crippen LogP contribution is 2.28. The Balaban J connectivity index is 1.43. The van der Waals surface area contributed by atoms with E-state index in [4.69, 9.17) is 25.7 Å². The molecule has 7 heteroatoms. The van der Waals surface area contributed by atoms with Gasteiger partial charge >= 0.3 is 11.9 Å². The molecule has 0 saturated heterocycles. The van der Waals surface area contributed by atoms with Crippen molar-refractivity contribution in [3.8, 4) is 5.75 Å². The Bertz CT molecular complexity index is 992. The van der Waals surface area contributed by atoms with Crippen molar-refractivity contribution in [2.45, 2.75) is 38.4 Å². The van der Waals surface area contributed by atoms with Crippen LogP contribution in [-0.2, 0) is 25.7 Å². The lowest BCUT2D eigenvalue weighted by atomic mass is 9.87. The molecule has 3 rings (SSSR count). The molecule has 0 unspecified atom stereocenters. The molecule has 1 aliphatic rings. The maximum absolute atomic E-state index is 12.4. The highest BCUT2D eigenvalue weighted by Gasteiger charge is 2.28. The zero-order valence-electron chi connectivity index (χ0n) is 18.6. The smallest absolute Gasteiger partial charge is 0.331 e. The summed E-state index contributed by atoms with van der Waals surface area (Å²) in [7, 11) is 0. The first-order valence-corrected chi connectivity index (χ1v) is 11.0. The van der Waals surface area contributed by atoms with E-state index in [9.17, 15) is 9.59 Å². The molecule has 2 aromatic rings. The molecule has 1 saturated carbocycles. The van der Waals surface area contributed by atoms with Crippen molar-refractivity contribution in [3.05, 3.63) is 72.3 Å². The minimum absolute atomic E-state index is 0.0620. The molecule has 7 nitrogen and oxygen atoms in total. The topological polar surface area (TPSA) is 114 Å². The lowest BCUT2D eigenvalue weighted by molar-refractivity contribution is -0.141. The number of hydrogen-bond acceptors (Lipinski definition) is 7. The summed E-state index contributed by atoms with van der Waals surface area (Å²) in [4.78, 5) is 24.4. The van der Waals surface area contributed by atoms with Gasteiger partial charge in [-0.25, -0.2) is 4.79 Å². The molecule has 0 aliphatic heterocycles. The number of nitrogens with two attached hydrogens (primary N) is 2. The summed E-state index contributed by atoms with van der Waals surface area (Å²) in [5.41, 5.74) is 14.0. The first-order valence-electron chi connectivity index (χ1n) is 11.0. The molecule has 0 bridgehead atoms. The average Bonchev–Trinajstić information content (AvgIpc) is 2.82. The standard InChI is InChI=1S/C26H30N2O5/c1-2-15-31-22-12-7-19(8-13-22)26(30)33-23-10-3-18(4-11-23)5-14-25(29)32-17-20-6-9-21(27)16-24(20)28/h2-6,9-11,14,16,19,22H,1,7-8,12-13,15,17,27-28H2/b14-5+. The number of rotatable bonds is 9. The number of hydrogen-bond donors (Lipinski definition) is 2. The molecule has 1 aliphatic carbocycles. The summed E-state index contributed by atoms with van der Waals surface area (Å²) in [6.07, 6.45) is 8.09. The summed E-state index contributed by atoms with van der Waals surface area (Å²) in [5.74, 6) is -0.345. The van der Waals surface area contributed by atoms with Gasteiger partial charge < -0.3 is 25.7 Å². The van der Waals surface area contributed by atoms with Gasteiger partial charge in [-0.3, -0.25) is 4.79 Å². The number of anilines is 2. The van der Waals surface area contributed by atoms with Crippen LogP contribution in [-0.4, -0.2) is 24.6 Å². The van der Waals surface area contributed by atoms with Crippen LogP contribution in [0.4, 0.5) is 11.4 Å². The van der Waals surface area contributed by atoms with Gasteiger partial charge in [0, 0.05) is 23.0 Å². The second-order valence-corrected chi connectivity index (χ2v) is 7.99. The number of carbonyl (C=O) groups is 2. The SMILES string of the molecule is C=CCOC1CCC(C(=O)Oc2ccc(/C=C/C(=O)OCc3ccc(N)cc3N)cc2)CC1. The Morgan fingerprint density at radius 3 is 2.42 bits per heavy atom. The lowest BCUT2D eigenvalue weighted by Gasteiger charge is -2.26. The van der Waals surface area contributed by atoms with Crippen LogP contribution in [0.2, 0.25) is 0 Å². The van der Waals surface area contributed by atoms with Gasteiger partial charge in [-0.1, -0.05) is 24.3 Å². The van der Waals surface area contributed by atoms with Crippen molar-refractivity contribution in [2.75, 3.05) is 18.1 Å². The molecule has 4 N–H and O–H groups in total. The second kappa shape index (κ2) is 11.9. The van der Waals surface area contributed by atoms with E-state index in [1.807, 2.05) is 0 Å². The Kier molecular flexibility index (Phi) is 8.66. The van der Waals surface area contributed by atoms with E-state index in [0.717, 1.165) is 31.2 Å². The van der Waals surface area contributed by atoms with Crippen LogP contribution >= 0.6 is 0 Å². The van der Waals surface area contributed by atoms with Gasteiger partial charge in [-0.2, -0.15) is 0 Å². The second-order valence-electron chi connectivity index (χ2n) is 7.99. The van der Waals surface area contributed by atoms with Gasteiger partial charge in [0.1, 0.15) is 12.4 Å². The van der Waals surface area contributed by atoms with Gasteiger partial charge in [-0.15, -0.1) is 6.58 Å². The van der Waals surface area contributed by atoms with E-state index in [-0.39, 0.29) is 24.6 Å². The largest absolute Gasteiger partial charge is 0.458 e. The van der Waals surface area contributed by atoms with Gasteiger partial charge in [-0.05, 0) is 61.6 Å². The fourth-order valence-electron chi connectivity index (χ4n) is 3.62. The van der Waals surface area contributed by atoms with Crippen molar-refractivity contribution in [1.82, 2.24) is 0 Å². The third kappa shape index (κ3) is 7.50. The van der Waals surface area contributed by atoms with Crippen molar-refractivity contribution in [2.24, 2.45) is 5.92 Å². The van der Waals surface area contributed by atoms with E-state index in [1.165, 1.54) is 6.08 Å². The quantitative estimate of drug-likeness (QED) is 0.193. The fraction of sp³-hybridized carbons (Fsp3) is 0.308. The van der Waals surface area contributed by atoms with Crippen LogP contribution in [0.3, 0.4) is 0 Å². The van der Waals surface area contributed by atoms with Crippen molar-refractivity contribution < 1.29 is 23.8 Å². The minimum Gasteiger partial charge on any atom is -0.458 e. The van der Waals surface area contributed by atoms with Gasteiger partial charge in [0.05, 0.1) is 18.6 Å². The molecule has 174 valence electrons. The summed E-state index contributed by atoms with van der Waals surface area (Å²) < 4.78 is 16.4. The van der Waals surface area contributed by atoms with Crippen LogP contribution < -0.4 is 16.2 Å². The molecule has 0 aromatic heterocycles. The van der Waals surface area contributed by atoms with Crippen LogP contribution in [0.25, 0.3) is 6.08 Å². The van der Waals surface area contributed by atoms with Crippen molar-refractivity contribution in [1.29, 1.82) is 0 Å². The van der Waals surface area contributed by atoms with Crippen LogP contribution in [0.1, 0.15) is 36.8 Å². The molecule has 0 atom stereocenters.